The van der Waals surface area contributed by atoms with Crippen LogP contribution < -0.4 is 9.79 Å². The Labute approximate surface area is 188 Å². The van der Waals surface area contributed by atoms with E-state index in [1.807, 2.05) is 4.90 Å². The third-order valence-electron chi connectivity index (χ3n) is 7.26. The van der Waals surface area contributed by atoms with Crippen LogP contribution in [0.1, 0.15) is 36.8 Å². The maximum atomic E-state index is 13.0. The zero-order chi connectivity index (χ0) is 21.9. The highest BCUT2D eigenvalue weighted by molar-refractivity contribution is 5.74. The maximum Gasteiger partial charge on any atom is 0.291 e. The van der Waals surface area contributed by atoms with Gasteiger partial charge in [-0.15, -0.1) is 0 Å². The lowest BCUT2D eigenvalue weighted by Crippen LogP contribution is -2.50. The lowest BCUT2D eigenvalue weighted by Gasteiger charge is -2.38. The van der Waals surface area contributed by atoms with Crippen molar-refractivity contribution in [1.82, 2.24) is 15.1 Å². The number of amides is 1. The van der Waals surface area contributed by atoms with Gasteiger partial charge < -0.3 is 19.3 Å². The summed E-state index contributed by atoms with van der Waals surface area (Å²) in [4.78, 5) is 17.6. The van der Waals surface area contributed by atoms with Gasteiger partial charge in [0.1, 0.15) is 5.95 Å². The molecule has 3 heterocycles. The van der Waals surface area contributed by atoms with E-state index in [4.69, 9.17) is 4.74 Å². The molecule has 0 bridgehead atoms. The van der Waals surface area contributed by atoms with Gasteiger partial charge in [-0.3, -0.25) is 9.69 Å². The first-order chi connectivity index (χ1) is 15.6. The van der Waals surface area contributed by atoms with E-state index < -0.39 is 5.95 Å². The van der Waals surface area contributed by atoms with Crippen LogP contribution in [-0.2, 0) is 28.9 Å². The highest BCUT2D eigenvalue weighted by Gasteiger charge is 2.32. The molecule has 1 amide bonds. The van der Waals surface area contributed by atoms with Crippen molar-refractivity contribution in [2.45, 2.75) is 57.2 Å². The summed E-state index contributed by atoms with van der Waals surface area (Å²) in [5, 5.41) is 14.9. The van der Waals surface area contributed by atoms with E-state index in [0.29, 0.717) is 18.5 Å². The number of fused-ring (bicyclic) bond motifs is 1. The van der Waals surface area contributed by atoms with E-state index in [2.05, 4.69) is 39.0 Å². The Balaban J connectivity index is 1.16. The molecule has 1 aliphatic carbocycles. The van der Waals surface area contributed by atoms with Crippen molar-refractivity contribution in [3.05, 3.63) is 41.6 Å². The van der Waals surface area contributed by atoms with Crippen molar-refractivity contribution >= 4 is 5.91 Å². The summed E-state index contributed by atoms with van der Waals surface area (Å²) in [5.41, 5.74) is 3.00. The molecule has 0 N–H and O–H groups in total. The SMILES string of the molecule is O=C(C[n+]1cc([O-])on1)N(CC1CCN(C2Cc3ccccc3C2)CC1)CC1CCCO1. The van der Waals surface area contributed by atoms with Crippen LogP contribution in [0.2, 0.25) is 0 Å². The van der Waals surface area contributed by atoms with E-state index in [1.54, 1.807) is 0 Å². The van der Waals surface area contributed by atoms with Crippen molar-refractivity contribution in [2.75, 3.05) is 32.8 Å². The molecular weight excluding hydrogens is 408 g/mol. The molecule has 1 aromatic heterocycles. The van der Waals surface area contributed by atoms with Gasteiger partial charge in [0.25, 0.3) is 12.5 Å². The number of piperidine rings is 1. The molecule has 0 saturated carbocycles. The average molecular weight is 441 g/mol. The predicted octanol–water partition coefficient (Wildman–Crippen LogP) is 0.923. The maximum absolute atomic E-state index is 13.0. The number of hydrogen-bond donors (Lipinski definition) is 0. The van der Waals surface area contributed by atoms with Gasteiger partial charge in [-0.1, -0.05) is 28.9 Å². The number of hydrogen-bond acceptors (Lipinski definition) is 6. The van der Waals surface area contributed by atoms with Crippen LogP contribution in [0.4, 0.5) is 0 Å². The number of rotatable bonds is 7. The van der Waals surface area contributed by atoms with Crippen LogP contribution in [0.25, 0.3) is 0 Å². The molecule has 0 radical (unpaired) electrons. The van der Waals surface area contributed by atoms with Gasteiger partial charge in [0.2, 0.25) is 6.20 Å². The fourth-order valence-corrected chi connectivity index (χ4v) is 5.49. The van der Waals surface area contributed by atoms with Crippen molar-refractivity contribution in [2.24, 2.45) is 5.92 Å². The first-order valence-corrected chi connectivity index (χ1v) is 11.9. The Morgan fingerprint density at radius 3 is 2.53 bits per heavy atom. The molecule has 1 atom stereocenters. The molecule has 1 unspecified atom stereocenters. The highest BCUT2D eigenvalue weighted by Crippen LogP contribution is 2.29. The molecule has 2 fully saturated rings. The molecule has 8 heteroatoms. The van der Waals surface area contributed by atoms with E-state index in [1.165, 1.54) is 22.0 Å². The minimum absolute atomic E-state index is 0.0254. The van der Waals surface area contributed by atoms with Crippen molar-refractivity contribution in [1.29, 1.82) is 0 Å². The Morgan fingerprint density at radius 1 is 1.16 bits per heavy atom. The largest absolute Gasteiger partial charge is 0.539 e. The molecule has 0 spiro atoms. The highest BCUT2D eigenvalue weighted by atomic mass is 16.6. The second-order valence-corrected chi connectivity index (χ2v) is 9.46. The quantitative estimate of drug-likeness (QED) is 0.596. The number of benzene rings is 1. The van der Waals surface area contributed by atoms with Gasteiger partial charge in [-0.2, -0.15) is 0 Å². The molecule has 5 rings (SSSR count). The van der Waals surface area contributed by atoms with E-state index in [-0.39, 0.29) is 18.6 Å². The molecule has 8 nitrogen and oxygen atoms in total. The summed E-state index contributed by atoms with van der Waals surface area (Å²) < 4.78 is 11.7. The fraction of sp³-hybridized carbons (Fsp3) is 0.625. The number of aromatic nitrogens is 2. The van der Waals surface area contributed by atoms with Gasteiger partial charge in [0.05, 0.1) is 11.4 Å². The standard InChI is InChI=1S/C24H32N4O4/c29-23(16-28-17-24(30)32-25-28)27(15-22-6-3-11-31-22)14-18-7-9-26(10-8-18)21-12-19-4-1-2-5-20(19)13-21/h1-2,4-5,17-18,21-22H,3,6-16H2. The minimum atomic E-state index is -0.537. The third kappa shape index (κ3) is 4.96. The topological polar surface area (TPSA) is 85.7 Å². The Bertz CT molecular complexity index is 893. The first kappa shape index (κ1) is 21.4. The lowest BCUT2D eigenvalue weighted by molar-refractivity contribution is -0.751. The summed E-state index contributed by atoms with van der Waals surface area (Å²) in [7, 11) is 0. The molecule has 2 aliphatic heterocycles. The Morgan fingerprint density at radius 2 is 1.91 bits per heavy atom. The summed E-state index contributed by atoms with van der Waals surface area (Å²) in [5.74, 6) is -0.0878. The lowest BCUT2D eigenvalue weighted by atomic mass is 9.94. The van der Waals surface area contributed by atoms with Crippen LogP contribution in [0, 0.1) is 5.92 Å². The average Bonchev–Trinajstić information content (AvgIpc) is 3.55. The molecular formula is C24H32N4O4. The summed E-state index contributed by atoms with van der Waals surface area (Å²) in [6.07, 6.45) is 7.88. The van der Waals surface area contributed by atoms with Gasteiger partial charge in [0, 0.05) is 25.7 Å². The second kappa shape index (κ2) is 9.58. The van der Waals surface area contributed by atoms with Crippen LogP contribution in [-0.4, -0.2) is 65.9 Å². The second-order valence-electron chi connectivity index (χ2n) is 9.46. The number of nitrogens with zero attached hydrogens (tertiary/aromatic N) is 4. The van der Waals surface area contributed by atoms with Crippen LogP contribution >= 0.6 is 0 Å². The monoisotopic (exact) mass is 440 g/mol. The van der Waals surface area contributed by atoms with Crippen molar-refractivity contribution in [3.63, 3.8) is 0 Å². The Hall–Kier alpha value is -2.45. The molecule has 3 aliphatic rings. The first-order valence-electron chi connectivity index (χ1n) is 11.9. The molecule has 2 aromatic rings. The summed E-state index contributed by atoms with van der Waals surface area (Å²) in [6, 6.07) is 9.42. The molecule has 2 saturated heterocycles. The predicted molar refractivity (Wildman–Crippen MR) is 114 cm³/mol. The van der Waals surface area contributed by atoms with E-state index in [9.17, 15) is 9.90 Å². The van der Waals surface area contributed by atoms with E-state index >= 15 is 0 Å². The van der Waals surface area contributed by atoms with Crippen LogP contribution in [0.3, 0.4) is 0 Å². The normalized spacial score (nSPS) is 22.3. The van der Waals surface area contributed by atoms with Crippen LogP contribution in [0.5, 0.6) is 5.95 Å². The van der Waals surface area contributed by atoms with E-state index in [0.717, 1.165) is 64.8 Å². The zero-order valence-corrected chi connectivity index (χ0v) is 18.5. The number of likely N-dealkylation sites (tertiary alicyclic amines) is 1. The van der Waals surface area contributed by atoms with Gasteiger partial charge >= 0.3 is 0 Å². The van der Waals surface area contributed by atoms with Crippen LogP contribution in [0.15, 0.2) is 35.0 Å². The summed E-state index contributed by atoms with van der Waals surface area (Å²) >= 11 is 0. The molecule has 1 aromatic carbocycles. The van der Waals surface area contributed by atoms with Gasteiger partial charge in [-0.25, -0.2) is 0 Å². The zero-order valence-electron chi connectivity index (χ0n) is 18.5. The summed E-state index contributed by atoms with van der Waals surface area (Å²) in [6.45, 7) is 4.31. The minimum Gasteiger partial charge on any atom is -0.539 e. The third-order valence-corrected chi connectivity index (χ3v) is 7.26. The molecule has 172 valence electrons. The van der Waals surface area contributed by atoms with Crippen molar-refractivity contribution < 1.29 is 23.8 Å². The van der Waals surface area contributed by atoms with Gasteiger partial charge in [-0.05, 0) is 68.7 Å². The number of carbonyl (C=O) groups is 1. The molecule has 32 heavy (non-hydrogen) atoms. The Kier molecular flexibility index (Phi) is 6.41. The van der Waals surface area contributed by atoms with Crippen molar-refractivity contribution in [3.8, 4) is 5.95 Å². The number of carbonyl (C=O) groups excluding carboxylic acids is 1. The smallest absolute Gasteiger partial charge is 0.291 e. The fourth-order valence-electron chi connectivity index (χ4n) is 5.49. The van der Waals surface area contributed by atoms with Gasteiger partial charge in [0.15, 0.2) is 0 Å². The number of ether oxygens (including phenoxy) is 1.